The quantitative estimate of drug-likeness (QED) is 0.377. The van der Waals surface area contributed by atoms with E-state index in [0.29, 0.717) is 0 Å². The summed E-state index contributed by atoms with van der Waals surface area (Å²) in [7, 11) is 0. The van der Waals surface area contributed by atoms with Crippen LogP contribution in [0.3, 0.4) is 0 Å². The summed E-state index contributed by atoms with van der Waals surface area (Å²) in [6.07, 6.45) is 19.3. The van der Waals surface area contributed by atoms with Crippen molar-refractivity contribution in [3.8, 4) is 0 Å². The average Bonchev–Trinajstić information content (AvgIpc) is 2.63. The number of hydrogen-bond donors (Lipinski definition) is 0. The first-order valence-corrected chi connectivity index (χ1v) is 10.3. The topological polar surface area (TPSA) is 26.3 Å². The van der Waals surface area contributed by atoms with E-state index in [2.05, 4.69) is 74.4 Å². The summed E-state index contributed by atoms with van der Waals surface area (Å²) in [4.78, 5) is 0. The van der Waals surface area contributed by atoms with Crippen LogP contribution >= 0.6 is 31.9 Å². The van der Waals surface area contributed by atoms with Crippen molar-refractivity contribution in [3.63, 3.8) is 0 Å². The lowest BCUT2D eigenvalue weighted by Crippen LogP contribution is -2.12. The largest absolute Gasteiger partial charge is 0.460 e. The van der Waals surface area contributed by atoms with Gasteiger partial charge in [0.2, 0.25) is 0 Å². The van der Waals surface area contributed by atoms with E-state index in [9.17, 15) is 0 Å². The van der Waals surface area contributed by atoms with Gasteiger partial charge in [-0.1, -0.05) is 30.4 Å². The van der Waals surface area contributed by atoms with Gasteiger partial charge in [-0.3, -0.25) is 0 Å². The summed E-state index contributed by atoms with van der Waals surface area (Å²) in [5.41, 5.74) is 6.08. The molecule has 0 amide bonds. The van der Waals surface area contributed by atoms with Gasteiger partial charge in [0.05, 0.1) is 8.96 Å². The van der Waals surface area contributed by atoms with E-state index in [1.807, 2.05) is 0 Å². The van der Waals surface area contributed by atoms with E-state index in [1.54, 1.807) is 12.5 Å². The van der Waals surface area contributed by atoms with Crippen molar-refractivity contribution >= 4 is 47.3 Å². The van der Waals surface area contributed by atoms with Gasteiger partial charge in [-0.2, -0.15) is 0 Å². The molecule has 0 spiro atoms. The van der Waals surface area contributed by atoms with Crippen molar-refractivity contribution in [3.05, 3.63) is 87.5 Å². The first-order valence-electron chi connectivity index (χ1n) is 8.70. The molecule has 0 unspecified atom stereocenters. The van der Waals surface area contributed by atoms with Gasteiger partial charge in [0, 0.05) is 16.9 Å². The van der Waals surface area contributed by atoms with Crippen LogP contribution in [0.1, 0.15) is 34.8 Å². The Kier molecular flexibility index (Phi) is 4.06. The minimum atomic E-state index is 0.273. The molecule has 5 rings (SSSR count). The molecule has 1 aromatic carbocycles. The minimum absolute atomic E-state index is 0.273. The Morgan fingerprint density at radius 1 is 1.00 bits per heavy atom. The van der Waals surface area contributed by atoms with Crippen LogP contribution in [0.25, 0.3) is 15.5 Å². The third-order valence-electron chi connectivity index (χ3n) is 5.26. The normalized spacial score (nSPS) is 20.0. The molecule has 1 heterocycles. The molecule has 3 aliphatic rings. The Morgan fingerprint density at radius 3 is 2.77 bits per heavy atom. The SMILES string of the molecule is BrC1=CC2=CC=CC[C@@H]2c2c1occoc1c(Br)cc3c(c21)CC=CC3. The Balaban J connectivity index is 1.99. The van der Waals surface area contributed by atoms with Gasteiger partial charge < -0.3 is 8.83 Å². The Morgan fingerprint density at radius 2 is 1.85 bits per heavy atom. The highest BCUT2D eigenvalue weighted by molar-refractivity contribution is 9.15. The highest BCUT2D eigenvalue weighted by atomic mass is 79.9. The summed E-state index contributed by atoms with van der Waals surface area (Å²) in [5.74, 6) is 1.16. The molecule has 2 nitrogen and oxygen atoms in total. The lowest BCUT2D eigenvalue weighted by molar-refractivity contribution is 0.495. The van der Waals surface area contributed by atoms with Gasteiger partial charge in [0.25, 0.3) is 0 Å². The summed E-state index contributed by atoms with van der Waals surface area (Å²) >= 11 is 7.47. The summed E-state index contributed by atoms with van der Waals surface area (Å²) < 4.78 is 14.0. The van der Waals surface area contributed by atoms with Gasteiger partial charge in [-0.15, -0.1) is 0 Å². The van der Waals surface area contributed by atoms with Gasteiger partial charge in [0.15, 0.2) is 0 Å². The second-order valence-electron chi connectivity index (χ2n) is 6.71. The fourth-order valence-electron chi connectivity index (χ4n) is 4.13. The summed E-state index contributed by atoms with van der Waals surface area (Å²) in [5, 5.41) is 1.18. The van der Waals surface area contributed by atoms with Gasteiger partial charge >= 0.3 is 0 Å². The third kappa shape index (κ3) is 2.50. The van der Waals surface area contributed by atoms with Crippen molar-refractivity contribution in [2.24, 2.45) is 0 Å². The molecule has 1 aromatic heterocycles. The number of hydrogen-bond acceptors (Lipinski definition) is 2. The molecule has 0 aliphatic heterocycles. The van der Waals surface area contributed by atoms with Crippen LogP contribution < -0.4 is 0 Å². The monoisotopic (exact) mass is 470 g/mol. The van der Waals surface area contributed by atoms with Crippen molar-refractivity contribution < 1.29 is 8.83 Å². The third-order valence-corrected chi connectivity index (χ3v) is 6.44. The summed E-state index contributed by atoms with van der Waals surface area (Å²) in [6.45, 7) is 0. The molecule has 26 heavy (non-hydrogen) atoms. The average molecular weight is 472 g/mol. The molecule has 0 saturated heterocycles. The molecule has 2 aromatic rings. The zero-order valence-electron chi connectivity index (χ0n) is 14.0. The number of rotatable bonds is 0. The molecule has 0 bridgehead atoms. The number of halogens is 2. The van der Waals surface area contributed by atoms with Crippen LogP contribution in [0.4, 0.5) is 0 Å². The molecule has 0 N–H and O–H groups in total. The molecule has 4 heteroatoms. The van der Waals surface area contributed by atoms with E-state index in [4.69, 9.17) is 8.83 Å². The molecule has 0 fully saturated rings. The number of allylic oxidation sites excluding steroid dienone is 7. The lowest BCUT2D eigenvalue weighted by atomic mass is 9.78. The molecule has 1 atom stereocenters. The smallest absolute Gasteiger partial charge is 0.148 e. The number of fused-ring (bicyclic) bond motifs is 7. The van der Waals surface area contributed by atoms with Gasteiger partial charge in [0.1, 0.15) is 23.9 Å². The van der Waals surface area contributed by atoms with E-state index in [0.717, 1.165) is 39.6 Å². The molecule has 0 radical (unpaired) electrons. The second-order valence-corrected chi connectivity index (χ2v) is 8.41. The van der Waals surface area contributed by atoms with Gasteiger partial charge in [-0.25, -0.2) is 0 Å². The van der Waals surface area contributed by atoms with E-state index in [-0.39, 0.29) is 5.92 Å². The van der Waals surface area contributed by atoms with Crippen LogP contribution in [-0.2, 0) is 12.8 Å². The first kappa shape index (κ1) is 16.4. The van der Waals surface area contributed by atoms with Crippen LogP contribution in [0.5, 0.6) is 0 Å². The standard InChI is InChI=1S/C22H16Br2O2/c23-17-11-13-5-1-3-7-15(13)19-20-16-8-4-2-6-14(16)12-18(24)22(20)26-10-9-25-21(17)19/h1-5,9-12,15H,6-8H2/t15-/m0/s1. The van der Waals surface area contributed by atoms with Crippen molar-refractivity contribution in [2.75, 3.05) is 0 Å². The second kappa shape index (κ2) is 6.43. The Hall–Kier alpha value is -1.78. The Bertz CT molecular complexity index is 1090. The maximum Gasteiger partial charge on any atom is 0.148 e. The fraction of sp³-hybridized carbons (Fsp3) is 0.182. The highest BCUT2D eigenvalue weighted by Crippen LogP contribution is 2.47. The van der Waals surface area contributed by atoms with E-state index < -0.39 is 0 Å². The molecular formula is C22H16Br2O2. The van der Waals surface area contributed by atoms with Crippen LogP contribution in [-0.4, -0.2) is 0 Å². The van der Waals surface area contributed by atoms with Crippen LogP contribution in [0.15, 0.2) is 73.9 Å². The summed E-state index contributed by atoms with van der Waals surface area (Å²) in [6, 6.07) is 2.19. The maximum atomic E-state index is 6.01. The number of benzene rings is 1. The molecule has 130 valence electrons. The van der Waals surface area contributed by atoms with Crippen molar-refractivity contribution in [1.29, 1.82) is 0 Å². The molecular weight excluding hydrogens is 456 g/mol. The van der Waals surface area contributed by atoms with Crippen molar-refractivity contribution in [2.45, 2.75) is 25.2 Å². The minimum Gasteiger partial charge on any atom is -0.460 e. The van der Waals surface area contributed by atoms with Gasteiger partial charge in [-0.05, 0) is 80.0 Å². The highest BCUT2D eigenvalue weighted by Gasteiger charge is 2.30. The Labute approximate surface area is 168 Å². The molecule has 3 aliphatic carbocycles. The fourth-order valence-corrected chi connectivity index (χ4v) is 5.27. The van der Waals surface area contributed by atoms with E-state index >= 15 is 0 Å². The lowest BCUT2D eigenvalue weighted by Gasteiger charge is -2.28. The van der Waals surface area contributed by atoms with Crippen molar-refractivity contribution in [1.82, 2.24) is 0 Å². The zero-order chi connectivity index (χ0) is 17.7. The van der Waals surface area contributed by atoms with E-state index in [1.165, 1.54) is 27.6 Å². The zero-order valence-corrected chi connectivity index (χ0v) is 17.1. The first-order chi connectivity index (χ1) is 12.7. The van der Waals surface area contributed by atoms with Crippen LogP contribution in [0, 0.1) is 0 Å². The maximum absolute atomic E-state index is 6.01. The predicted molar refractivity (Wildman–Crippen MR) is 112 cm³/mol. The predicted octanol–water partition coefficient (Wildman–Crippen LogP) is 7.29. The molecule has 0 saturated carbocycles. The van der Waals surface area contributed by atoms with Crippen LogP contribution in [0.2, 0.25) is 0 Å².